The van der Waals surface area contributed by atoms with Crippen molar-refractivity contribution in [2.24, 2.45) is 0 Å². The summed E-state index contributed by atoms with van der Waals surface area (Å²) in [6, 6.07) is 9.20. The molecule has 3 N–H and O–H groups in total. The molecule has 0 radical (unpaired) electrons. The second kappa shape index (κ2) is 6.83. The van der Waals surface area contributed by atoms with E-state index in [1.165, 1.54) is 13.3 Å². The van der Waals surface area contributed by atoms with Gasteiger partial charge in [0.2, 0.25) is 11.6 Å². The molecule has 0 unspecified atom stereocenters. The molecule has 0 spiro atoms. The Morgan fingerprint density at radius 1 is 1.24 bits per heavy atom. The lowest BCUT2D eigenvalue weighted by atomic mass is 10.2. The van der Waals surface area contributed by atoms with Crippen molar-refractivity contribution in [1.82, 2.24) is 19.7 Å². The zero-order valence-corrected chi connectivity index (χ0v) is 13.2. The van der Waals surface area contributed by atoms with Gasteiger partial charge in [0.25, 0.3) is 0 Å². The zero-order valence-electron chi connectivity index (χ0n) is 13.2. The first-order valence-corrected chi connectivity index (χ1v) is 7.20. The number of fused-ring (bicyclic) bond motifs is 1. The summed E-state index contributed by atoms with van der Waals surface area (Å²) in [5.74, 6) is -0.639. The molecule has 0 atom stereocenters. The van der Waals surface area contributed by atoms with Gasteiger partial charge in [0.1, 0.15) is 12.9 Å². The SMILES string of the molecule is CC(=O)On1cnc2c(NC(=O)OCc3ccccc3)nc(N)nc21. The van der Waals surface area contributed by atoms with Gasteiger partial charge in [0.05, 0.1) is 0 Å². The molecule has 1 aromatic carbocycles. The highest BCUT2D eigenvalue weighted by molar-refractivity contribution is 5.94. The first-order valence-electron chi connectivity index (χ1n) is 7.20. The van der Waals surface area contributed by atoms with Crippen LogP contribution in [-0.2, 0) is 16.1 Å². The van der Waals surface area contributed by atoms with Crippen molar-refractivity contribution in [1.29, 1.82) is 0 Å². The number of nitrogens with zero attached hydrogens (tertiary/aromatic N) is 4. The number of ether oxygens (including phenoxy) is 1. The summed E-state index contributed by atoms with van der Waals surface area (Å²) in [5, 5.41) is 2.45. The Labute approximate surface area is 141 Å². The second-order valence-electron chi connectivity index (χ2n) is 4.94. The van der Waals surface area contributed by atoms with E-state index in [9.17, 15) is 9.59 Å². The highest BCUT2D eigenvalue weighted by Gasteiger charge is 2.16. The Morgan fingerprint density at radius 3 is 2.72 bits per heavy atom. The first kappa shape index (κ1) is 16.2. The Bertz CT molecular complexity index is 924. The van der Waals surface area contributed by atoms with Gasteiger partial charge in [-0.2, -0.15) is 9.97 Å². The number of imidazole rings is 1. The van der Waals surface area contributed by atoms with Crippen molar-refractivity contribution in [2.75, 3.05) is 11.1 Å². The minimum atomic E-state index is -0.731. The Kier molecular flexibility index (Phi) is 4.42. The van der Waals surface area contributed by atoms with Crippen LogP contribution < -0.4 is 15.9 Å². The van der Waals surface area contributed by atoms with Gasteiger partial charge in [-0.3, -0.25) is 5.32 Å². The second-order valence-corrected chi connectivity index (χ2v) is 4.94. The van der Waals surface area contributed by atoms with E-state index in [2.05, 4.69) is 20.3 Å². The Balaban J connectivity index is 1.77. The molecule has 3 aromatic rings. The fourth-order valence-corrected chi connectivity index (χ4v) is 2.05. The molecule has 2 heterocycles. The fourth-order valence-electron chi connectivity index (χ4n) is 2.05. The molecule has 10 nitrogen and oxygen atoms in total. The predicted molar refractivity (Wildman–Crippen MR) is 87.2 cm³/mol. The molecule has 2 aromatic heterocycles. The van der Waals surface area contributed by atoms with Crippen LogP contribution >= 0.6 is 0 Å². The summed E-state index contributed by atoms with van der Waals surface area (Å²) < 4.78 is 6.16. The summed E-state index contributed by atoms with van der Waals surface area (Å²) in [5.41, 5.74) is 6.81. The molecule has 0 saturated carbocycles. The van der Waals surface area contributed by atoms with Gasteiger partial charge in [-0.15, -0.1) is 4.73 Å². The minimum absolute atomic E-state index is 0.0477. The number of amides is 1. The molecular weight excluding hydrogens is 328 g/mol. The summed E-state index contributed by atoms with van der Waals surface area (Å²) >= 11 is 0. The average Bonchev–Trinajstić information content (AvgIpc) is 2.96. The number of benzene rings is 1. The molecule has 0 bridgehead atoms. The standard InChI is InChI=1S/C15H14N6O4/c1-9(22)25-21-8-17-11-12(18-14(16)20-13(11)21)19-15(23)24-7-10-5-3-2-4-6-10/h2-6,8H,7H2,1H3,(H3,16,18,19,20,23). The Morgan fingerprint density at radius 2 is 2.00 bits per heavy atom. The molecule has 0 aliphatic rings. The molecule has 0 saturated heterocycles. The third-order valence-electron chi connectivity index (χ3n) is 3.04. The van der Waals surface area contributed by atoms with Gasteiger partial charge in [-0.05, 0) is 5.56 Å². The maximum atomic E-state index is 12.0. The van der Waals surface area contributed by atoms with Gasteiger partial charge in [0, 0.05) is 6.92 Å². The number of aromatic nitrogens is 4. The number of nitrogens with one attached hydrogen (secondary N) is 1. The van der Waals surface area contributed by atoms with Crippen LogP contribution in [0.5, 0.6) is 0 Å². The maximum absolute atomic E-state index is 12.0. The van der Waals surface area contributed by atoms with Gasteiger partial charge >= 0.3 is 12.1 Å². The van der Waals surface area contributed by atoms with E-state index in [0.29, 0.717) is 0 Å². The van der Waals surface area contributed by atoms with Crippen LogP contribution in [0, 0.1) is 0 Å². The highest BCUT2D eigenvalue weighted by Crippen LogP contribution is 2.19. The summed E-state index contributed by atoms with van der Waals surface area (Å²) in [6.45, 7) is 1.33. The third-order valence-corrected chi connectivity index (χ3v) is 3.04. The van der Waals surface area contributed by atoms with E-state index in [1.807, 2.05) is 30.3 Å². The highest BCUT2D eigenvalue weighted by atomic mass is 16.7. The van der Waals surface area contributed by atoms with Gasteiger partial charge < -0.3 is 15.3 Å². The first-order chi connectivity index (χ1) is 12.0. The lowest BCUT2D eigenvalue weighted by Gasteiger charge is -2.08. The smallest absolute Gasteiger partial charge is 0.413 e. The number of nitrogen functional groups attached to an aromatic ring is 1. The molecular formula is C15H14N6O4. The van der Waals surface area contributed by atoms with Crippen molar-refractivity contribution in [3.05, 3.63) is 42.2 Å². The van der Waals surface area contributed by atoms with Crippen LogP contribution in [0.3, 0.4) is 0 Å². The molecule has 3 rings (SSSR count). The lowest BCUT2D eigenvalue weighted by Crippen LogP contribution is -2.18. The van der Waals surface area contributed by atoms with E-state index in [1.54, 1.807) is 0 Å². The van der Waals surface area contributed by atoms with E-state index in [0.717, 1.165) is 10.3 Å². The zero-order chi connectivity index (χ0) is 17.8. The number of hydrogen-bond donors (Lipinski definition) is 2. The van der Waals surface area contributed by atoms with Gasteiger partial charge in [-0.1, -0.05) is 30.3 Å². The summed E-state index contributed by atoms with van der Waals surface area (Å²) in [6.07, 6.45) is 0.492. The van der Waals surface area contributed by atoms with Crippen molar-refractivity contribution < 1.29 is 19.2 Å². The summed E-state index contributed by atoms with van der Waals surface area (Å²) in [4.78, 5) is 39.9. The maximum Gasteiger partial charge on any atom is 0.413 e. The molecule has 10 heteroatoms. The topological polar surface area (TPSA) is 134 Å². The van der Waals surface area contributed by atoms with Crippen LogP contribution in [0.25, 0.3) is 11.2 Å². The predicted octanol–water partition coefficient (Wildman–Crippen LogP) is 1.13. The fraction of sp³-hybridized carbons (Fsp3) is 0.133. The van der Waals surface area contributed by atoms with E-state index < -0.39 is 12.1 Å². The number of anilines is 2. The van der Waals surface area contributed by atoms with Crippen molar-refractivity contribution in [3.63, 3.8) is 0 Å². The molecule has 0 aliphatic carbocycles. The third kappa shape index (κ3) is 3.80. The van der Waals surface area contributed by atoms with Gasteiger partial charge in [-0.25, -0.2) is 14.6 Å². The van der Waals surface area contributed by atoms with Crippen molar-refractivity contribution in [3.8, 4) is 0 Å². The van der Waals surface area contributed by atoms with Crippen LogP contribution in [0.4, 0.5) is 16.6 Å². The van der Waals surface area contributed by atoms with Crippen LogP contribution in [0.2, 0.25) is 0 Å². The normalized spacial score (nSPS) is 10.4. The van der Waals surface area contributed by atoms with Crippen molar-refractivity contribution in [2.45, 2.75) is 13.5 Å². The molecule has 1 amide bonds. The van der Waals surface area contributed by atoms with E-state index in [-0.39, 0.29) is 29.5 Å². The summed E-state index contributed by atoms with van der Waals surface area (Å²) in [7, 11) is 0. The number of carbonyl (C=O) groups excluding carboxylic acids is 2. The largest absolute Gasteiger partial charge is 0.444 e. The molecule has 128 valence electrons. The average molecular weight is 342 g/mol. The number of rotatable bonds is 4. The quantitative estimate of drug-likeness (QED) is 0.720. The van der Waals surface area contributed by atoms with Crippen molar-refractivity contribution >= 4 is 35.0 Å². The minimum Gasteiger partial charge on any atom is -0.444 e. The van der Waals surface area contributed by atoms with Crippen LogP contribution in [0.15, 0.2) is 36.7 Å². The number of carbonyl (C=O) groups is 2. The van der Waals surface area contributed by atoms with E-state index in [4.69, 9.17) is 15.3 Å². The Hall–Kier alpha value is -3.69. The monoisotopic (exact) mass is 342 g/mol. The van der Waals surface area contributed by atoms with Crippen LogP contribution in [-0.4, -0.2) is 31.7 Å². The molecule has 25 heavy (non-hydrogen) atoms. The lowest BCUT2D eigenvalue weighted by molar-refractivity contribution is -0.141. The number of hydrogen-bond acceptors (Lipinski definition) is 8. The molecule has 0 aliphatic heterocycles. The number of nitrogens with two attached hydrogens (primary N) is 1. The van der Waals surface area contributed by atoms with E-state index >= 15 is 0 Å². The van der Waals surface area contributed by atoms with Gasteiger partial charge in [0.15, 0.2) is 11.3 Å². The molecule has 0 fully saturated rings. The van der Waals surface area contributed by atoms with Crippen LogP contribution in [0.1, 0.15) is 12.5 Å².